The number of ether oxygens (including phenoxy) is 1. The molecule has 0 spiro atoms. The second kappa shape index (κ2) is 6.58. The molecule has 0 saturated carbocycles. The Morgan fingerprint density at radius 3 is 3.00 bits per heavy atom. The molecular weight excluding hydrogens is 244 g/mol. The Kier molecular flexibility index (Phi) is 4.55. The van der Waals surface area contributed by atoms with E-state index >= 15 is 0 Å². The van der Waals surface area contributed by atoms with E-state index in [1.807, 2.05) is 35.3 Å². The van der Waals surface area contributed by atoms with E-state index < -0.39 is 5.97 Å². The maximum absolute atomic E-state index is 10.4. The van der Waals surface area contributed by atoms with Crippen LogP contribution in [0, 0.1) is 5.92 Å². The monoisotopic (exact) mass is 260 g/mol. The predicted molar refractivity (Wildman–Crippen MR) is 72.3 cm³/mol. The molecule has 5 heteroatoms. The lowest BCUT2D eigenvalue weighted by Crippen LogP contribution is -2.23. The third-order valence-electron chi connectivity index (χ3n) is 2.69. The van der Waals surface area contributed by atoms with Crippen molar-refractivity contribution in [2.45, 2.75) is 0 Å². The van der Waals surface area contributed by atoms with Gasteiger partial charge in [-0.05, 0) is 12.1 Å². The molecule has 19 heavy (non-hydrogen) atoms. The Balaban J connectivity index is 1.69. The quantitative estimate of drug-likeness (QED) is 0.790. The number of aliphatic carboxylic acids is 1. The molecule has 2 rings (SSSR count). The summed E-state index contributed by atoms with van der Waals surface area (Å²) in [6.07, 6.45) is 4.55. The van der Waals surface area contributed by atoms with Crippen LogP contribution < -0.4 is 4.74 Å². The third kappa shape index (κ3) is 4.46. The van der Waals surface area contributed by atoms with Gasteiger partial charge in [0.15, 0.2) is 0 Å². The van der Waals surface area contributed by atoms with Crippen LogP contribution in [0.3, 0.4) is 0 Å². The van der Waals surface area contributed by atoms with Gasteiger partial charge in [-0.15, -0.1) is 0 Å². The first-order valence-electron chi connectivity index (χ1n) is 6.12. The number of carboxylic acids is 1. The largest absolute Gasteiger partial charge is 0.492 e. The maximum atomic E-state index is 10.4. The lowest BCUT2D eigenvalue weighted by atomic mass is 10.1. The van der Waals surface area contributed by atoms with Crippen molar-refractivity contribution in [3.8, 4) is 5.75 Å². The molecule has 1 N–H and O–H groups in total. The number of para-hydroxylation sites is 1. The summed E-state index contributed by atoms with van der Waals surface area (Å²) in [6, 6.07) is 9.61. The minimum atomic E-state index is -0.931. The summed E-state index contributed by atoms with van der Waals surface area (Å²) in [5.41, 5.74) is 0. The molecule has 1 aromatic rings. The number of rotatable bonds is 6. The average Bonchev–Trinajstić information content (AvgIpc) is 2.86. The number of hydrazone groups is 1. The van der Waals surface area contributed by atoms with Gasteiger partial charge in [0.2, 0.25) is 0 Å². The molecule has 0 amide bonds. The number of nitrogens with zero attached hydrogens (tertiary/aromatic N) is 2. The molecule has 1 aromatic carbocycles. The zero-order valence-electron chi connectivity index (χ0n) is 10.5. The van der Waals surface area contributed by atoms with Gasteiger partial charge in [-0.25, -0.2) is 4.79 Å². The van der Waals surface area contributed by atoms with Crippen LogP contribution >= 0.6 is 0 Å². The zero-order valence-corrected chi connectivity index (χ0v) is 10.5. The third-order valence-corrected chi connectivity index (χ3v) is 2.69. The minimum absolute atomic E-state index is 0.0628. The van der Waals surface area contributed by atoms with Crippen LogP contribution in [0.1, 0.15) is 0 Å². The summed E-state index contributed by atoms with van der Waals surface area (Å²) in [5, 5.41) is 14.6. The molecule has 1 aliphatic heterocycles. The molecule has 0 saturated heterocycles. The van der Waals surface area contributed by atoms with Gasteiger partial charge in [-0.3, -0.25) is 5.01 Å². The summed E-state index contributed by atoms with van der Waals surface area (Å²) >= 11 is 0. The van der Waals surface area contributed by atoms with E-state index in [-0.39, 0.29) is 5.92 Å². The second-order valence-corrected chi connectivity index (χ2v) is 4.20. The molecular formula is C14H16N2O3. The van der Waals surface area contributed by atoms with E-state index in [0.29, 0.717) is 19.7 Å². The maximum Gasteiger partial charge on any atom is 0.327 e. The molecule has 0 fully saturated rings. The molecule has 0 bridgehead atoms. The second-order valence-electron chi connectivity index (χ2n) is 4.20. The van der Waals surface area contributed by atoms with E-state index in [1.54, 1.807) is 12.3 Å². The Labute approximate surface area is 111 Å². The van der Waals surface area contributed by atoms with Crippen molar-refractivity contribution in [1.29, 1.82) is 0 Å². The Hall–Kier alpha value is -2.30. The van der Waals surface area contributed by atoms with Gasteiger partial charge in [0.05, 0.1) is 6.54 Å². The molecule has 0 radical (unpaired) electrons. The van der Waals surface area contributed by atoms with Crippen molar-refractivity contribution in [1.82, 2.24) is 5.01 Å². The van der Waals surface area contributed by atoms with Gasteiger partial charge in [0.1, 0.15) is 12.4 Å². The van der Waals surface area contributed by atoms with Gasteiger partial charge in [-0.2, -0.15) is 5.10 Å². The van der Waals surface area contributed by atoms with Crippen LogP contribution in [0.15, 0.2) is 47.6 Å². The van der Waals surface area contributed by atoms with Gasteiger partial charge < -0.3 is 9.84 Å². The highest BCUT2D eigenvalue weighted by molar-refractivity contribution is 5.81. The van der Waals surface area contributed by atoms with Crippen molar-refractivity contribution in [3.63, 3.8) is 0 Å². The van der Waals surface area contributed by atoms with Crippen LogP contribution in [0.4, 0.5) is 0 Å². The molecule has 1 heterocycles. The van der Waals surface area contributed by atoms with E-state index in [2.05, 4.69) is 5.10 Å². The fraction of sp³-hybridized carbons (Fsp3) is 0.286. The molecule has 5 nitrogen and oxygen atoms in total. The topological polar surface area (TPSA) is 62.1 Å². The predicted octanol–water partition coefficient (Wildman–Crippen LogP) is 1.62. The summed E-state index contributed by atoms with van der Waals surface area (Å²) in [6.45, 7) is 1.93. The van der Waals surface area contributed by atoms with Crippen LogP contribution in [-0.4, -0.2) is 42.0 Å². The van der Waals surface area contributed by atoms with E-state index in [4.69, 9.17) is 9.84 Å². The van der Waals surface area contributed by atoms with E-state index in [9.17, 15) is 4.79 Å². The summed E-state index contributed by atoms with van der Waals surface area (Å²) in [5.74, 6) is -0.0277. The van der Waals surface area contributed by atoms with Gasteiger partial charge in [0.25, 0.3) is 0 Å². The molecule has 0 aromatic heterocycles. The zero-order chi connectivity index (χ0) is 13.5. The van der Waals surface area contributed by atoms with Crippen molar-refractivity contribution >= 4 is 12.2 Å². The normalized spacial score (nSPS) is 18.1. The Bertz CT molecular complexity index is 471. The highest BCUT2D eigenvalue weighted by Gasteiger charge is 2.14. The Morgan fingerprint density at radius 2 is 2.26 bits per heavy atom. The lowest BCUT2D eigenvalue weighted by Gasteiger charge is -2.15. The van der Waals surface area contributed by atoms with Gasteiger partial charge in [0, 0.05) is 24.8 Å². The van der Waals surface area contributed by atoms with Crippen LogP contribution in [0.5, 0.6) is 5.75 Å². The number of benzene rings is 1. The lowest BCUT2D eigenvalue weighted by molar-refractivity contribution is -0.131. The number of hydrogen-bond acceptors (Lipinski definition) is 4. The van der Waals surface area contributed by atoms with Crippen LogP contribution in [0.2, 0.25) is 0 Å². The summed E-state index contributed by atoms with van der Waals surface area (Å²) < 4.78 is 5.57. The standard InChI is InChI=1S/C14H16N2O3/c17-14(18)7-6-12-10-15-16(11-12)8-9-19-13-4-2-1-3-5-13/h1-7,10,12H,8-9,11H2,(H,17,18)/b7-6+. The van der Waals surface area contributed by atoms with Crippen molar-refractivity contribution in [2.75, 3.05) is 19.7 Å². The average molecular weight is 260 g/mol. The van der Waals surface area contributed by atoms with Crippen LogP contribution in [-0.2, 0) is 4.79 Å². The van der Waals surface area contributed by atoms with Crippen molar-refractivity contribution in [3.05, 3.63) is 42.5 Å². The smallest absolute Gasteiger partial charge is 0.327 e. The fourth-order valence-corrected chi connectivity index (χ4v) is 1.77. The first kappa shape index (κ1) is 13.1. The molecule has 100 valence electrons. The molecule has 0 aliphatic carbocycles. The van der Waals surface area contributed by atoms with Crippen molar-refractivity contribution < 1.29 is 14.6 Å². The highest BCUT2D eigenvalue weighted by atomic mass is 16.5. The van der Waals surface area contributed by atoms with E-state index in [1.165, 1.54) is 0 Å². The fourth-order valence-electron chi connectivity index (χ4n) is 1.77. The van der Waals surface area contributed by atoms with E-state index in [0.717, 1.165) is 11.8 Å². The van der Waals surface area contributed by atoms with Crippen molar-refractivity contribution in [2.24, 2.45) is 11.0 Å². The van der Waals surface area contributed by atoms with Crippen LogP contribution in [0.25, 0.3) is 0 Å². The highest BCUT2D eigenvalue weighted by Crippen LogP contribution is 2.11. The van der Waals surface area contributed by atoms with Gasteiger partial charge >= 0.3 is 5.97 Å². The number of hydrogen-bond donors (Lipinski definition) is 1. The first-order chi connectivity index (χ1) is 9.24. The SMILES string of the molecule is O=C(O)/C=C/C1C=NN(CCOc2ccccc2)C1. The molecule has 1 aliphatic rings. The summed E-state index contributed by atoms with van der Waals surface area (Å²) in [4.78, 5) is 10.4. The number of carboxylic acid groups (broad SMARTS) is 1. The first-order valence-corrected chi connectivity index (χ1v) is 6.12. The number of carbonyl (C=O) groups is 1. The Morgan fingerprint density at radius 1 is 1.47 bits per heavy atom. The van der Waals surface area contributed by atoms with Gasteiger partial charge in [-0.1, -0.05) is 24.3 Å². The minimum Gasteiger partial charge on any atom is -0.492 e. The molecule has 1 atom stereocenters. The summed E-state index contributed by atoms with van der Waals surface area (Å²) in [7, 11) is 0. The molecule has 1 unspecified atom stereocenters.